The van der Waals surface area contributed by atoms with Gasteiger partial charge in [-0.05, 0) is 32.6 Å². The molecule has 1 saturated heterocycles. The molecule has 0 aromatic carbocycles. The third kappa shape index (κ3) is 6.36. The second-order valence-corrected chi connectivity index (χ2v) is 6.71. The number of methoxy groups -OCH3 is 1. The molecule has 0 saturated carbocycles. The lowest BCUT2D eigenvalue weighted by molar-refractivity contribution is -0.162. The van der Waals surface area contributed by atoms with Crippen LogP contribution in [0.5, 0.6) is 0 Å². The van der Waals surface area contributed by atoms with E-state index < -0.39 is 24.3 Å². The molecule has 0 aromatic heterocycles. The number of hydrogen-bond donors (Lipinski definition) is 3. The lowest BCUT2D eigenvalue weighted by Gasteiger charge is -2.37. The minimum absolute atomic E-state index is 0.0772. The monoisotopic (exact) mass is 341 g/mol. The Bertz CT molecular complexity index is 460. The maximum absolute atomic E-state index is 11.2. The zero-order valence-electron chi connectivity index (χ0n) is 15.0. The fraction of sp³-hybridized carbons (Fsp3) is 0.722. The number of allylic oxidation sites excluding steroid dienone is 1. The second kappa shape index (κ2) is 9.93. The van der Waals surface area contributed by atoms with Gasteiger partial charge in [0.1, 0.15) is 6.10 Å². The summed E-state index contributed by atoms with van der Waals surface area (Å²) in [4.78, 5) is 11.2. The van der Waals surface area contributed by atoms with Gasteiger partial charge in [0.15, 0.2) is 0 Å². The van der Waals surface area contributed by atoms with Crippen LogP contribution in [0.1, 0.15) is 33.6 Å². The van der Waals surface area contributed by atoms with Crippen LogP contribution >= 0.6 is 0 Å². The lowest BCUT2D eigenvalue weighted by Crippen LogP contribution is -2.50. The van der Waals surface area contributed by atoms with Crippen molar-refractivity contribution < 1.29 is 24.5 Å². The Morgan fingerprint density at radius 1 is 1.38 bits per heavy atom. The summed E-state index contributed by atoms with van der Waals surface area (Å²) in [6.07, 6.45) is 4.02. The van der Waals surface area contributed by atoms with Crippen molar-refractivity contribution in [2.75, 3.05) is 13.7 Å². The van der Waals surface area contributed by atoms with E-state index in [4.69, 9.17) is 10.5 Å². The van der Waals surface area contributed by atoms with E-state index in [1.54, 1.807) is 6.92 Å². The van der Waals surface area contributed by atoms with Gasteiger partial charge in [-0.3, -0.25) is 0 Å². The minimum Gasteiger partial charge on any atom is -0.466 e. The van der Waals surface area contributed by atoms with Crippen molar-refractivity contribution in [1.29, 1.82) is 0 Å². The van der Waals surface area contributed by atoms with E-state index in [1.165, 1.54) is 13.2 Å². The number of nitrogens with two attached hydrogens (primary N) is 1. The Labute approximate surface area is 144 Å². The topological polar surface area (TPSA) is 102 Å². The van der Waals surface area contributed by atoms with Crippen molar-refractivity contribution >= 4 is 5.97 Å². The number of aliphatic hydroxyl groups excluding tert-OH is 2. The standard InChI is InChI=1S/C18H31NO5/c1-11(9-16(20)23-4)8-15-18(22)17(21)14(10-24-15)7-5-6-12(2)13(3)19/h5-6,9,12-15,17-18,21-22H,7-8,10,19H2,1-4H3/b6-5+,11-9+/t12-,13?,14+,15+,17-,18+/m1/s1. The van der Waals surface area contributed by atoms with Gasteiger partial charge in [-0.25, -0.2) is 4.79 Å². The van der Waals surface area contributed by atoms with Crippen LogP contribution < -0.4 is 5.73 Å². The quantitative estimate of drug-likeness (QED) is 0.365. The van der Waals surface area contributed by atoms with Crippen LogP contribution in [0.4, 0.5) is 0 Å². The van der Waals surface area contributed by atoms with Gasteiger partial charge in [0, 0.05) is 18.0 Å². The molecule has 0 amide bonds. The molecule has 6 atom stereocenters. The lowest BCUT2D eigenvalue weighted by atomic mass is 9.87. The van der Waals surface area contributed by atoms with Crippen LogP contribution in [0.15, 0.2) is 23.8 Å². The highest BCUT2D eigenvalue weighted by atomic mass is 16.5. The van der Waals surface area contributed by atoms with Crippen LogP contribution in [0, 0.1) is 11.8 Å². The predicted octanol–water partition coefficient (Wildman–Crippen LogP) is 1.16. The fourth-order valence-electron chi connectivity index (χ4n) is 2.61. The Hall–Kier alpha value is -1.21. The first-order chi connectivity index (χ1) is 11.3. The first-order valence-corrected chi connectivity index (χ1v) is 8.41. The molecule has 0 radical (unpaired) electrons. The molecule has 24 heavy (non-hydrogen) atoms. The van der Waals surface area contributed by atoms with Crippen molar-refractivity contribution in [3.8, 4) is 0 Å². The summed E-state index contributed by atoms with van der Waals surface area (Å²) >= 11 is 0. The van der Waals surface area contributed by atoms with Crippen LogP contribution in [0.3, 0.4) is 0 Å². The Balaban J connectivity index is 2.55. The number of hydrogen-bond acceptors (Lipinski definition) is 6. The molecule has 6 nitrogen and oxygen atoms in total. The van der Waals surface area contributed by atoms with Gasteiger partial charge in [-0.2, -0.15) is 0 Å². The van der Waals surface area contributed by atoms with E-state index >= 15 is 0 Å². The molecule has 1 heterocycles. The number of carbonyl (C=O) groups excluding carboxylic acids is 1. The van der Waals surface area contributed by atoms with E-state index in [2.05, 4.69) is 4.74 Å². The van der Waals surface area contributed by atoms with Gasteiger partial charge in [0.2, 0.25) is 0 Å². The highest BCUT2D eigenvalue weighted by Gasteiger charge is 2.37. The molecule has 0 aliphatic carbocycles. The van der Waals surface area contributed by atoms with E-state index in [-0.39, 0.29) is 17.9 Å². The van der Waals surface area contributed by atoms with Crippen molar-refractivity contribution in [2.24, 2.45) is 17.6 Å². The average molecular weight is 341 g/mol. The first-order valence-electron chi connectivity index (χ1n) is 8.41. The molecule has 6 heteroatoms. The number of aliphatic hydroxyl groups is 2. The molecule has 138 valence electrons. The summed E-state index contributed by atoms with van der Waals surface area (Å²) in [5, 5.41) is 20.6. The molecule has 1 aliphatic rings. The summed E-state index contributed by atoms with van der Waals surface area (Å²) in [6.45, 7) is 6.12. The van der Waals surface area contributed by atoms with Gasteiger partial charge >= 0.3 is 5.97 Å². The van der Waals surface area contributed by atoms with Crippen LogP contribution in [-0.2, 0) is 14.3 Å². The van der Waals surface area contributed by atoms with Crippen LogP contribution in [0.25, 0.3) is 0 Å². The van der Waals surface area contributed by atoms with Gasteiger partial charge < -0.3 is 25.4 Å². The summed E-state index contributed by atoms with van der Waals surface area (Å²) in [6, 6.07) is 0.0772. The van der Waals surface area contributed by atoms with Gasteiger partial charge in [-0.15, -0.1) is 0 Å². The zero-order chi connectivity index (χ0) is 18.3. The normalized spacial score (nSPS) is 31.0. The largest absolute Gasteiger partial charge is 0.466 e. The van der Waals surface area contributed by atoms with Crippen molar-refractivity contribution in [1.82, 2.24) is 0 Å². The summed E-state index contributed by atoms with van der Waals surface area (Å²) in [5.41, 5.74) is 6.55. The van der Waals surface area contributed by atoms with E-state index in [9.17, 15) is 15.0 Å². The second-order valence-electron chi connectivity index (χ2n) is 6.71. The average Bonchev–Trinajstić information content (AvgIpc) is 2.53. The SMILES string of the molecule is COC(=O)/C=C(\C)C[C@@H]1OC[C@H](C/C=C/[C@@H](C)C(C)N)[C@@H](O)[C@H]1O. The molecular weight excluding hydrogens is 310 g/mol. The zero-order valence-corrected chi connectivity index (χ0v) is 15.0. The maximum Gasteiger partial charge on any atom is 0.330 e. The third-order valence-electron chi connectivity index (χ3n) is 4.53. The van der Waals surface area contributed by atoms with Gasteiger partial charge in [0.05, 0.1) is 25.9 Å². The summed E-state index contributed by atoms with van der Waals surface area (Å²) < 4.78 is 10.3. The Kier molecular flexibility index (Phi) is 8.62. The smallest absolute Gasteiger partial charge is 0.330 e. The Morgan fingerprint density at radius 3 is 2.62 bits per heavy atom. The molecule has 0 aromatic rings. The van der Waals surface area contributed by atoms with Crippen molar-refractivity contribution in [3.63, 3.8) is 0 Å². The molecular formula is C18H31NO5. The van der Waals surface area contributed by atoms with Crippen LogP contribution in [-0.4, -0.2) is 54.3 Å². The van der Waals surface area contributed by atoms with Crippen molar-refractivity contribution in [3.05, 3.63) is 23.8 Å². The fourth-order valence-corrected chi connectivity index (χ4v) is 2.61. The first kappa shape index (κ1) is 20.8. The molecule has 1 rings (SSSR count). The van der Waals surface area contributed by atoms with E-state index in [0.717, 1.165) is 5.57 Å². The van der Waals surface area contributed by atoms with Gasteiger partial charge in [0.25, 0.3) is 0 Å². The molecule has 1 aliphatic heterocycles. The number of esters is 1. The highest BCUT2D eigenvalue weighted by Crippen LogP contribution is 2.27. The highest BCUT2D eigenvalue weighted by molar-refractivity contribution is 5.82. The minimum atomic E-state index is -0.982. The summed E-state index contributed by atoms with van der Waals surface area (Å²) in [5.74, 6) is -0.335. The number of rotatable bonds is 7. The number of carbonyl (C=O) groups is 1. The third-order valence-corrected chi connectivity index (χ3v) is 4.53. The van der Waals surface area contributed by atoms with E-state index in [1.807, 2.05) is 26.0 Å². The molecule has 0 spiro atoms. The molecule has 1 unspecified atom stereocenters. The molecule has 4 N–H and O–H groups in total. The van der Waals surface area contributed by atoms with Crippen LogP contribution in [0.2, 0.25) is 0 Å². The van der Waals surface area contributed by atoms with Crippen molar-refractivity contribution in [2.45, 2.75) is 58.0 Å². The molecule has 0 bridgehead atoms. The van der Waals surface area contributed by atoms with E-state index in [0.29, 0.717) is 19.4 Å². The number of ether oxygens (including phenoxy) is 2. The summed E-state index contributed by atoms with van der Waals surface area (Å²) in [7, 11) is 1.31. The maximum atomic E-state index is 11.2. The van der Waals surface area contributed by atoms with Gasteiger partial charge in [-0.1, -0.05) is 24.6 Å². The predicted molar refractivity (Wildman–Crippen MR) is 92.2 cm³/mol. The molecule has 1 fully saturated rings. The Morgan fingerprint density at radius 2 is 2.04 bits per heavy atom.